The second-order valence-corrected chi connectivity index (χ2v) is 5.37. The monoisotopic (exact) mass is 347 g/mol. The van der Waals surface area contributed by atoms with Crippen LogP contribution in [0.4, 0.5) is 4.39 Å². The molecule has 0 saturated carbocycles. The highest BCUT2D eigenvalue weighted by Gasteiger charge is 2.09. The Morgan fingerprint density at radius 3 is 2.86 bits per heavy atom. The van der Waals surface area contributed by atoms with Crippen LogP contribution in [0, 0.1) is 5.82 Å². The molecule has 0 radical (unpaired) electrons. The van der Waals surface area contributed by atoms with Crippen molar-refractivity contribution in [3.8, 4) is 0 Å². The predicted molar refractivity (Wildman–Crippen MR) is 81.4 cm³/mol. The van der Waals surface area contributed by atoms with E-state index in [4.69, 9.17) is 0 Å². The van der Waals surface area contributed by atoms with Crippen LogP contribution in [0.1, 0.15) is 16.2 Å². The lowest BCUT2D eigenvalue weighted by Crippen LogP contribution is -2.23. The zero-order chi connectivity index (χ0) is 14.8. The van der Waals surface area contributed by atoms with Crippen LogP contribution in [0.2, 0.25) is 0 Å². The molecule has 2 aromatic carbocycles. The molecule has 21 heavy (non-hydrogen) atoms. The first-order valence-corrected chi connectivity index (χ1v) is 7.09. The van der Waals surface area contributed by atoms with E-state index in [1.54, 1.807) is 6.07 Å². The number of hydrogen-bond donors (Lipinski definition) is 2. The highest BCUT2D eigenvalue weighted by atomic mass is 79.9. The molecule has 106 valence electrons. The van der Waals surface area contributed by atoms with Crippen molar-refractivity contribution in [2.24, 2.45) is 0 Å². The van der Waals surface area contributed by atoms with E-state index in [1.165, 1.54) is 12.1 Å². The molecule has 1 amide bonds. The lowest BCUT2D eigenvalue weighted by atomic mass is 10.2. The van der Waals surface area contributed by atoms with Gasteiger partial charge >= 0.3 is 0 Å². The Kier molecular flexibility index (Phi) is 3.70. The number of para-hydroxylation sites is 2. The first kappa shape index (κ1) is 13.8. The number of imidazole rings is 1. The minimum atomic E-state index is -0.466. The topological polar surface area (TPSA) is 57.8 Å². The average Bonchev–Trinajstić information content (AvgIpc) is 2.90. The van der Waals surface area contributed by atoms with Gasteiger partial charge in [-0.3, -0.25) is 4.79 Å². The van der Waals surface area contributed by atoms with Crippen molar-refractivity contribution in [2.75, 3.05) is 0 Å². The zero-order valence-electron chi connectivity index (χ0n) is 10.9. The summed E-state index contributed by atoms with van der Waals surface area (Å²) in [4.78, 5) is 19.4. The van der Waals surface area contributed by atoms with Gasteiger partial charge in [0.15, 0.2) is 0 Å². The van der Waals surface area contributed by atoms with Crippen molar-refractivity contribution in [3.63, 3.8) is 0 Å². The van der Waals surface area contributed by atoms with Crippen LogP contribution >= 0.6 is 15.9 Å². The zero-order valence-corrected chi connectivity index (χ0v) is 12.4. The molecular formula is C15H11BrFN3O. The van der Waals surface area contributed by atoms with Crippen LogP contribution in [0.25, 0.3) is 11.0 Å². The Labute approximate surface area is 128 Å². The Morgan fingerprint density at radius 2 is 2.10 bits per heavy atom. The molecular weight excluding hydrogens is 337 g/mol. The van der Waals surface area contributed by atoms with Crippen LogP contribution in [0.15, 0.2) is 46.9 Å². The van der Waals surface area contributed by atoms with Gasteiger partial charge in [-0.05, 0) is 46.3 Å². The summed E-state index contributed by atoms with van der Waals surface area (Å²) in [6.45, 7) is 0.255. The summed E-state index contributed by atoms with van der Waals surface area (Å²) in [6, 6.07) is 11.9. The van der Waals surface area contributed by atoms with E-state index in [0.717, 1.165) is 11.0 Å². The number of hydrogen-bond acceptors (Lipinski definition) is 2. The van der Waals surface area contributed by atoms with E-state index in [1.807, 2.05) is 24.3 Å². The van der Waals surface area contributed by atoms with Crippen LogP contribution in [0.3, 0.4) is 0 Å². The van der Waals surface area contributed by atoms with E-state index in [-0.39, 0.29) is 18.0 Å². The minimum Gasteiger partial charge on any atom is -0.345 e. The summed E-state index contributed by atoms with van der Waals surface area (Å²) in [5.41, 5.74) is 2.03. The summed E-state index contributed by atoms with van der Waals surface area (Å²) >= 11 is 3.05. The molecule has 0 unspecified atom stereocenters. The second-order valence-electron chi connectivity index (χ2n) is 4.51. The molecule has 2 N–H and O–H groups in total. The van der Waals surface area contributed by atoms with Gasteiger partial charge in [0.05, 0.1) is 22.1 Å². The van der Waals surface area contributed by atoms with E-state index in [9.17, 15) is 9.18 Å². The number of aromatic nitrogens is 2. The first-order valence-electron chi connectivity index (χ1n) is 6.30. The minimum absolute atomic E-state index is 0.255. The quantitative estimate of drug-likeness (QED) is 0.762. The number of nitrogens with zero attached hydrogens (tertiary/aromatic N) is 1. The smallest absolute Gasteiger partial charge is 0.251 e. The summed E-state index contributed by atoms with van der Waals surface area (Å²) in [5.74, 6) is -0.157. The van der Waals surface area contributed by atoms with Crippen molar-refractivity contribution < 1.29 is 9.18 Å². The summed E-state index contributed by atoms with van der Waals surface area (Å²) in [5, 5.41) is 2.71. The number of rotatable bonds is 3. The highest BCUT2D eigenvalue weighted by Crippen LogP contribution is 2.16. The van der Waals surface area contributed by atoms with E-state index in [0.29, 0.717) is 10.3 Å². The molecule has 6 heteroatoms. The molecule has 1 heterocycles. The highest BCUT2D eigenvalue weighted by molar-refractivity contribution is 9.10. The fourth-order valence-electron chi connectivity index (χ4n) is 1.99. The molecule has 1 aromatic heterocycles. The van der Waals surface area contributed by atoms with E-state index in [2.05, 4.69) is 31.2 Å². The maximum absolute atomic E-state index is 13.4. The van der Waals surface area contributed by atoms with Gasteiger partial charge in [0.2, 0.25) is 0 Å². The Hall–Kier alpha value is -2.21. The molecule has 3 aromatic rings. The maximum Gasteiger partial charge on any atom is 0.251 e. The van der Waals surface area contributed by atoms with Crippen molar-refractivity contribution in [3.05, 3.63) is 64.1 Å². The number of aromatic amines is 1. The van der Waals surface area contributed by atoms with Gasteiger partial charge in [0, 0.05) is 5.56 Å². The van der Waals surface area contributed by atoms with E-state index >= 15 is 0 Å². The van der Waals surface area contributed by atoms with Crippen LogP contribution < -0.4 is 5.32 Å². The third kappa shape index (κ3) is 2.95. The molecule has 0 aliphatic carbocycles. The van der Waals surface area contributed by atoms with Crippen LogP contribution in [0.5, 0.6) is 0 Å². The molecule has 4 nitrogen and oxygen atoms in total. The van der Waals surface area contributed by atoms with Gasteiger partial charge in [0.25, 0.3) is 5.91 Å². The Bertz CT molecular complexity index is 783. The molecule has 0 fully saturated rings. The van der Waals surface area contributed by atoms with Crippen molar-refractivity contribution in [1.29, 1.82) is 0 Å². The van der Waals surface area contributed by atoms with Crippen LogP contribution in [-0.4, -0.2) is 15.9 Å². The molecule has 0 saturated heterocycles. The Balaban J connectivity index is 1.71. The third-order valence-electron chi connectivity index (χ3n) is 3.04. The predicted octanol–water partition coefficient (Wildman–Crippen LogP) is 3.39. The molecule has 0 aliphatic heterocycles. The van der Waals surface area contributed by atoms with Gasteiger partial charge in [0.1, 0.15) is 11.6 Å². The number of benzene rings is 2. The SMILES string of the molecule is O=C(NCc1nc2ccccc2[nH]1)c1ccc(Br)c(F)c1. The fourth-order valence-corrected chi connectivity index (χ4v) is 2.24. The molecule has 0 spiro atoms. The molecule has 0 bridgehead atoms. The summed E-state index contributed by atoms with van der Waals surface area (Å²) < 4.78 is 13.7. The number of halogens is 2. The average molecular weight is 348 g/mol. The number of fused-ring (bicyclic) bond motifs is 1. The molecule has 0 aliphatic rings. The van der Waals surface area contributed by atoms with Gasteiger partial charge in [-0.25, -0.2) is 9.37 Å². The number of carbonyl (C=O) groups excluding carboxylic acids is 1. The van der Waals surface area contributed by atoms with Crippen molar-refractivity contribution >= 4 is 32.9 Å². The maximum atomic E-state index is 13.4. The normalized spacial score (nSPS) is 10.8. The fraction of sp³-hybridized carbons (Fsp3) is 0.0667. The van der Waals surface area contributed by atoms with Gasteiger partial charge in [-0.1, -0.05) is 12.1 Å². The summed E-state index contributed by atoms with van der Waals surface area (Å²) in [6.07, 6.45) is 0. The van der Waals surface area contributed by atoms with Gasteiger partial charge < -0.3 is 10.3 Å². The van der Waals surface area contributed by atoms with Gasteiger partial charge in [-0.2, -0.15) is 0 Å². The first-order chi connectivity index (χ1) is 10.1. The summed E-state index contributed by atoms with van der Waals surface area (Å²) in [7, 11) is 0. The standard InChI is InChI=1S/C15H11BrFN3O/c16-10-6-5-9(7-11(10)17)15(21)18-8-14-19-12-3-1-2-4-13(12)20-14/h1-7H,8H2,(H,18,21)(H,19,20). The largest absolute Gasteiger partial charge is 0.345 e. The third-order valence-corrected chi connectivity index (χ3v) is 3.68. The lowest BCUT2D eigenvalue weighted by molar-refractivity contribution is 0.0949. The van der Waals surface area contributed by atoms with Crippen molar-refractivity contribution in [2.45, 2.75) is 6.54 Å². The van der Waals surface area contributed by atoms with E-state index < -0.39 is 5.82 Å². The second kappa shape index (κ2) is 5.65. The number of carbonyl (C=O) groups is 1. The Morgan fingerprint density at radius 1 is 1.29 bits per heavy atom. The van der Waals surface area contributed by atoms with Crippen molar-refractivity contribution in [1.82, 2.24) is 15.3 Å². The molecule has 3 rings (SSSR count). The van der Waals surface area contributed by atoms with Crippen LogP contribution in [-0.2, 0) is 6.54 Å². The number of H-pyrrole nitrogens is 1. The van der Waals surface area contributed by atoms with Gasteiger partial charge in [-0.15, -0.1) is 0 Å². The molecule has 0 atom stereocenters. The number of nitrogens with one attached hydrogen (secondary N) is 2. The number of amides is 1. The lowest BCUT2D eigenvalue weighted by Gasteiger charge is -2.04.